The summed E-state index contributed by atoms with van der Waals surface area (Å²) >= 11 is 0. The van der Waals surface area contributed by atoms with Crippen LogP contribution in [0.5, 0.6) is 0 Å². The van der Waals surface area contributed by atoms with Gasteiger partial charge in [-0.1, -0.05) is 345 Å². The number of carbonyl (C=O) groups excluding carboxylic acids is 3. The molecule has 0 N–H and O–H groups in total. The van der Waals surface area contributed by atoms with Crippen molar-refractivity contribution in [1.29, 1.82) is 0 Å². The van der Waals surface area contributed by atoms with E-state index in [9.17, 15) is 14.4 Å². The molecule has 0 heterocycles. The summed E-state index contributed by atoms with van der Waals surface area (Å²) in [5.74, 6) is -0.964. The van der Waals surface area contributed by atoms with Crippen LogP contribution in [0.3, 0.4) is 0 Å². The Kier molecular flexibility index (Phi) is 66.1. The van der Waals surface area contributed by atoms with Gasteiger partial charge in [0.1, 0.15) is 13.2 Å². The van der Waals surface area contributed by atoms with E-state index in [0.29, 0.717) is 19.3 Å². The van der Waals surface area contributed by atoms with Gasteiger partial charge in [-0.2, -0.15) is 0 Å². The molecule has 0 aliphatic heterocycles. The molecule has 0 amide bonds. The van der Waals surface area contributed by atoms with Gasteiger partial charge in [-0.3, -0.25) is 14.4 Å². The Morgan fingerprint density at radius 2 is 0.512 bits per heavy atom. The Bertz CT molecular complexity index is 1430. The second kappa shape index (κ2) is 68.6. The largest absolute Gasteiger partial charge is 0.462 e. The fraction of sp³-hybridized carbons (Fsp3) is 0.824. The predicted molar refractivity (Wildman–Crippen MR) is 348 cm³/mol. The van der Waals surface area contributed by atoms with Crippen LogP contribution in [-0.4, -0.2) is 37.2 Å². The highest BCUT2D eigenvalue weighted by Gasteiger charge is 2.19. The zero-order valence-electron chi connectivity index (χ0n) is 53.6. The van der Waals surface area contributed by atoms with Crippen LogP contribution in [-0.2, 0) is 28.6 Å². The first-order valence-corrected chi connectivity index (χ1v) is 35.3. The summed E-state index contributed by atoms with van der Waals surface area (Å²) < 4.78 is 16.9. The first-order chi connectivity index (χ1) is 39.5. The predicted octanol–water partition coefficient (Wildman–Crippen LogP) is 24.3. The number of carbonyl (C=O) groups is 3. The average molecular weight is 1120 g/mol. The molecule has 0 saturated heterocycles. The molecule has 0 aromatic rings. The van der Waals surface area contributed by atoms with E-state index >= 15 is 0 Å². The third-order valence-corrected chi connectivity index (χ3v) is 15.8. The lowest BCUT2D eigenvalue weighted by Crippen LogP contribution is -2.30. The smallest absolute Gasteiger partial charge is 0.306 e. The molecule has 0 bridgehead atoms. The fourth-order valence-electron chi connectivity index (χ4n) is 10.5. The first kappa shape index (κ1) is 77.1. The topological polar surface area (TPSA) is 78.9 Å². The molecule has 0 fully saturated rings. The Balaban J connectivity index is 4.18. The van der Waals surface area contributed by atoms with E-state index in [0.717, 1.165) is 64.2 Å². The lowest BCUT2D eigenvalue weighted by atomic mass is 10.0. The van der Waals surface area contributed by atoms with E-state index in [2.05, 4.69) is 75.5 Å². The summed E-state index contributed by atoms with van der Waals surface area (Å²) in [6, 6.07) is 0. The van der Waals surface area contributed by atoms with Crippen LogP contribution in [0.15, 0.2) is 60.8 Å². The number of ether oxygens (including phenoxy) is 3. The van der Waals surface area contributed by atoms with Gasteiger partial charge in [-0.25, -0.2) is 0 Å². The molecule has 80 heavy (non-hydrogen) atoms. The van der Waals surface area contributed by atoms with Gasteiger partial charge in [0.25, 0.3) is 0 Å². The van der Waals surface area contributed by atoms with E-state index in [-0.39, 0.29) is 37.5 Å². The Hall–Kier alpha value is -2.89. The summed E-state index contributed by atoms with van der Waals surface area (Å²) in [7, 11) is 0. The number of hydrogen-bond donors (Lipinski definition) is 0. The number of unbranched alkanes of at least 4 members (excludes halogenated alkanes) is 44. The van der Waals surface area contributed by atoms with Gasteiger partial charge in [0.05, 0.1) is 0 Å². The molecular formula is C74H134O6. The molecule has 0 radical (unpaired) electrons. The van der Waals surface area contributed by atoms with Gasteiger partial charge >= 0.3 is 17.9 Å². The number of rotatable bonds is 65. The van der Waals surface area contributed by atoms with Crippen molar-refractivity contribution in [1.82, 2.24) is 0 Å². The van der Waals surface area contributed by atoms with Crippen molar-refractivity contribution in [2.24, 2.45) is 0 Å². The quantitative estimate of drug-likeness (QED) is 0.0261. The van der Waals surface area contributed by atoms with E-state index < -0.39 is 6.10 Å². The Labute approximate surface area is 498 Å². The van der Waals surface area contributed by atoms with Crippen LogP contribution in [0, 0.1) is 0 Å². The van der Waals surface area contributed by atoms with Crippen molar-refractivity contribution in [3.05, 3.63) is 60.8 Å². The third kappa shape index (κ3) is 65.9. The lowest BCUT2D eigenvalue weighted by molar-refractivity contribution is -0.166. The fourth-order valence-corrected chi connectivity index (χ4v) is 10.5. The van der Waals surface area contributed by atoms with Crippen LogP contribution in [0.4, 0.5) is 0 Å². The van der Waals surface area contributed by atoms with Crippen LogP contribution >= 0.6 is 0 Å². The molecule has 0 rings (SSSR count). The zero-order valence-corrected chi connectivity index (χ0v) is 53.6. The molecule has 1 atom stereocenters. The minimum atomic E-state index is -0.805. The van der Waals surface area contributed by atoms with E-state index in [1.54, 1.807) is 0 Å². The van der Waals surface area contributed by atoms with E-state index in [1.807, 2.05) is 6.08 Å². The Morgan fingerprint density at radius 3 is 0.838 bits per heavy atom. The van der Waals surface area contributed by atoms with Crippen LogP contribution in [0.2, 0.25) is 0 Å². The second-order valence-corrected chi connectivity index (χ2v) is 23.8. The minimum Gasteiger partial charge on any atom is -0.462 e. The number of esters is 3. The van der Waals surface area contributed by atoms with Crippen molar-refractivity contribution < 1.29 is 28.6 Å². The molecule has 0 aliphatic carbocycles. The SMILES string of the molecule is CC/C=C\C/C=C\C/C=C\C/C=C\CCC(=O)OCC(COC(=O)CCCCCCCCCCCCCCCCCCCCCCCCCCCCCCCCC)OC(=O)CCCCCCCCC/C=C\CCCCCCCCC. The lowest BCUT2D eigenvalue weighted by Gasteiger charge is -2.18. The van der Waals surface area contributed by atoms with E-state index in [1.165, 1.54) is 263 Å². The maximum atomic E-state index is 12.9. The maximum Gasteiger partial charge on any atom is 0.306 e. The van der Waals surface area contributed by atoms with Crippen molar-refractivity contribution in [2.45, 2.75) is 380 Å². The van der Waals surface area contributed by atoms with Crippen LogP contribution in [0.1, 0.15) is 374 Å². The molecule has 1 unspecified atom stereocenters. The summed E-state index contributed by atoms with van der Waals surface area (Å²) in [6.45, 7) is 6.51. The Morgan fingerprint density at radius 1 is 0.263 bits per heavy atom. The normalized spacial score (nSPS) is 12.4. The summed E-state index contributed by atoms with van der Waals surface area (Å²) in [5, 5.41) is 0. The van der Waals surface area contributed by atoms with Gasteiger partial charge in [0, 0.05) is 19.3 Å². The highest BCUT2D eigenvalue weighted by Crippen LogP contribution is 2.18. The molecule has 6 heteroatoms. The van der Waals surface area contributed by atoms with Gasteiger partial charge < -0.3 is 14.2 Å². The van der Waals surface area contributed by atoms with Crippen molar-refractivity contribution >= 4 is 17.9 Å². The highest BCUT2D eigenvalue weighted by molar-refractivity contribution is 5.71. The molecule has 0 aromatic carbocycles. The first-order valence-electron chi connectivity index (χ1n) is 35.3. The van der Waals surface area contributed by atoms with Crippen molar-refractivity contribution in [3.8, 4) is 0 Å². The third-order valence-electron chi connectivity index (χ3n) is 15.8. The van der Waals surface area contributed by atoms with Gasteiger partial charge in [0.15, 0.2) is 6.10 Å². The molecule has 0 aliphatic rings. The molecule has 466 valence electrons. The molecule has 0 aromatic heterocycles. The number of allylic oxidation sites excluding steroid dienone is 10. The monoisotopic (exact) mass is 1120 g/mol. The second-order valence-electron chi connectivity index (χ2n) is 23.8. The molecule has 0 spiro atoms. The molecular weight excluding hydrogens is 985 g/mol. The average Bonchev–Trinajstić information content (AvgIpc) is 3.46. The highest BCUT2D eigenvalue weighted by atomic mass is 16.6. The van der Waals surface area contributed by atoms with Gasteiger partial charge in [-0.15, -0.1) is 0 Å². The summed E-state index contributed by atoms with van der Waals surface area (Å²) in [4.78, 5) is 38.3. The van der Waals surface area contributed by atoms with Gasteiger partial charge in [0.2, 0.25) is 0 Å². The summed E-state index contributed by atoms with van der Waals surface area (Å²) in [5.41, 5.74) is 0. The van der Waals surface area contributed by atoms with Crippen molar-refractivity contribution in [2.75, 3.05) is 13.2 Å². The zero-order chi connectivity index (χ0) is 57.8. The number of hydrogen-bond acceptors (Lipinski definition) is 6. The summed E-state index contributed by atoms with van der Waals surface area (Å²) in [6.07, 6.45) is 88.6. The molecule has 0 saturated carbocycles. The maximum absolute atomic E-state index is 12.9. The van der Waals surface area contributed by atoms with E-state index in [4.69, 9.17) is 14.2 Å². The minimum absolute atomic E-state index is 0.0946. The van der Waals surface area contributed by atoms with Crippen molar-refractivity contribution in [3.63, 3.8) is 0 Å². The van der Waals surface area contributed by atoms with Gasteiger partial charge in [-0.05, 0) is 70.6 Å². The standard InChI is InChI=1S/C74H134O6/c1-4-7-10-13-16-19-22-25-27-29-31-32-33-34-35-36-37-38-39-40-41-42-43-45-46-49-52-55-58-61-64-67-73(76)79-70-71(69-78-72(75)66-63-60-57-54-51-48-24-21-18-15-12-9-6-3)80-74(77)68-65-62-59-56-53-50-47-44-30-28-26-23-20-17-14-11-8-5-2/h9,12,18,21,28,30,48,51,57,60,71H,4-8,10-11,13-17,19-20,22-27,29,31-47,49-50,52-56,58-59,61-70H2,1-3H3/b12-9-,21-18-,30-28-,51-48-,60-57-. The van der Waals surface area contributed by atoms with Crippen LogP contribution in [0.25, 0.3) is 0 Å². The van der Waals surface area contributed by atoms with Crippen LogP contribution < -0.4 is 0 Å². The molecule has 6 nitrogen and oxygen atoms in total.